The Balaban J connectivity index is 2.88. The van der Waals surface area contributed by atoms with E-state index in [4.69, 9.17) is 10.8 Å². The van der Waals surface area contributed by atoms with Gasteiger partial charge in [0.1, 0.15) is 6.10 Å². The number of hydrogen-bond acceptors (Lipinski definition) is 3. The van der Waals surface area contributed by atoms with Crippen molar-refractivity contribution in [3.05, 3.63) is 29.8 Å². The molecule has 0 saturated carbocycles. The van der Waals surface area contributed by atoms with Crippen molar-refractivity contribution in [2.75, 3.05) is 5.73 Å². The zero-order chi connectivity index (χ0) is 9.14. The Kier molecular flexibility index (Phi) is 2.68. The molecule has 1 aromatic rings. The van der Waals surface area contributed by atoms with Crippen LogP contribution in [0.4, 0.5) is 5.69 Å². The van der Waals surface area contributed by atoms with Gasteiger partial charge in [0, 0.05) is 5.69 Å². The third-order valence-electron chi connectivity index (χ3n) is 1.62. The van der Waals surface area contributed by atoms with Crippen LogP contribution in [0, 0.1) is 6.07 Å². The van der Waals surface area contributed by atoms with Gasteiger partial charge in [0.25, 0.3) is 0 Å². The maximum atomic E-state index is 9.39. The second-order valence-corrected chi connectivity index (χ2v) is 2.76. The zero-order valence-electron chi connectivity index (χ0n) is 6.86. The topological polar surface area (TPSA) is 66.5 Å². The Morgan fingerprint density at radius 1 is 1.50 bits per heavy atom. The minimum Gasteiger partial charge on any atom is -0.399 e. The molecule has 1 rings (SSSR count). The average molecular weight is 166 g/mol. The van der Waals surface area contributed by atoms with E-state index < -0.39 is 12.2 Å². The van der Waals surface area contributed by atoms with Gasteiger partial charge in [-0.2, -0.15) is 0 Å². The van der Waals surface area contributed by atoms with Crippen molar-refractivity contribution < 1.29 is 10.2 Å². The van der Waals surface area contributed by atoms with Gasteiger partial charge >= 0.3 is 0 Å². The molecule has 0 amide bonds. The van der Waals surface area contributed by atoms with Gasteiger partial charge in [-0.1, -0.05) is 6.07 Å². The summed E-state index contributed by atoms with van der Waals surface area (Å²) in [6, 6.07) is 7.70. The summed E-state index contributed by atoms with van der Waals surface area (Å²) >= 11 is 0. The van der Waals surface area contributed by atoms with Crippen LogP contribution in [0.25, 0.3) is 0 Å². The SMILES string of the molecule is CC(O)C(O)c1[c]ccc(N)c1. The molecule has 12 heavy (non-hydrogen) atoms. The first kappa shape index (κ1) is 9.03. The second-order valence-electron chi connectivity index (χ2n) is 2.76. The molecule has 0 fully saturated rings. The number of aliphatic hydroxyl groups is 2. The number of rotatable bonds is 2. The molecule has 3 nitrogen and oxygen atoms in total. The van der Waals surface area contributed by atoms with Crippen molar-refractivity contribution in [3.63, 3.8) is 0 Å². The summed E-state index contributed by atoms with van der Waals surface area (Å²) in [4.78, 5) is 0. The second kappa shape index (κ2) is 3.56. The van der Waals surface area contributed by atoms with Crippen molar-refractivity contribution in [2.24, 2.45) is 0 Å². The van der Waals surface area contributed by atoms with Crippen LogP contribution in [0.3, 0.4) is 0 Å². The van der Waals surface area contributed by atoms with Gasteiger partial charge < -0.3 is 15.9 Å². The number of benzene rings is 1. The van der Waals surface area contributed by atoms with Gasteiger partial charge in [-0.15, -0.1) is 0 Å². The lowest BCUT2D eigenvalue weighted by Gasteiger charge is -2.13. The van der Waals surface area contributed by atoms with E-state index in [2.05, 4.69) is 6.07 Å². The third-order valence-corrected chi connectivity index (χ3v) is 1.62. The highest BCUT2D eigenvalue weighted by molar-refractivity contribution is 5.40. The van der Waals surface area contributed by atoms with E-state index in [0.29, 0.717) is 11.3 Å². The van der Waals surface area contributed by atoms with Gasteiger partial charge in [-0.3, -0.25) is 0 Å². The predicted molar refractivity (Wildman–Crippen MR) is 46.3 cm³/mol. The molecule has 3 heteroatoms. The van der Waals surface area contributed by atoms with Crippen LogP contribution in [0.2, 0.25) is 0 Å². The first-order valence-corrected chi connectivity index (χ1v) is 3.74. The Morgan fingerprint density at radius 3 is 2.67 bits per heavy atom. The number of aliphatic hydroxyl groups excluding tert-OH is 2. The lowest BCUT2D eigenvalue weighted by atomic mass is 10.1. The molecule has 0 aromatic heterocycles. The van der Waals surface area contributed by atoms with Crippen molar-refractivity contribution in [1.82, 2.24) is 0 Å². The first-order chi connectivity index (χ1) is 5.61. The van der Waals surface area contributed by atoms with Crippen LogP contribution in [0.1, 0.15) is 18.6 Å². The van der Waals surface area contributed by atoms with Gasteiger partial charge in [0.05, 0.1) is 6.10 Å². The van der Waals surface area contributed by atoms with Crippen LogP contribution in [0.5, 0.6) is 0 Å². The summed E-state index contributed by atoms with van der Waals surface area (Å²) in [7, 11) is 0. The van der Waals surface area contributed by atoms with Crippen LogP contribution in [-0.2, 0) is 0 Å². The Labute approximate surface area is 71.5 Å². The molecular formula is C9H12NO2. The molecule has 0 heterocycles. The van der Waals surface area contributed by atoms with E-state index in [1.807, 2.05) is 0 Å². The smallest absolute Gasteiger partial charge is 0.105 e. The van der Waals surface area contributed by atoms with Gasteiger partial charge in [-0.05, 0) is 30.7 Å². The Hall–Kier alpha value is -1.06. The van der Waals surface area contributed by atoms with Crippen LogP contribution >= 0.6 is 0 Å². The summed E-state index contributed by atoms with van der Waals surface area (Å²) in [6.07, 6.45) is -1.71. The average Bonchev–Trinajstić information content (AvgIpc) is 2.03. The summed E-state index contributed by atoms with van der Waals surface area (Å²) in [5, 5.41) is 18.4. The van der Waals surface area contributed by atoms with E-state index in [1.54, 1.807) is 18.2 Å². The number of nitrogens with two attached hydrogens (primary N) is 1. The largest absolute Gasteiger partial charge is 0.399 e. The summed E-state index contributed by atoms with van der Waals surface area (Å²) in [6.45, 7) is 1.52. The number of hydrogen-bond donors (Lipinski definition) is 3. The van der Waals surface area contributed by atoms with E-state index in [0.717, 1.165) is 0 Å². The fourth-order valence-electron chi connectivity index (χ4n) is 0.934. The van der Waals surface area contributed by atoms with E-state index in [-0.39, 0.29) is 0 Å². The highest BCUT2D eigenvalue weighted by Gasteiger charge is 2.13. The van der Waals surface area contributed by atoms with Crippen molar-refractivity contribution in [3.8, 4) is 0 Å². The lowest BCUT2D eigenvalue weighted by Crippen LogP contribution is -2.13. The Morgan fingerprint density at radius 2 is 2.17 bits per heavy atom. The molecule has 0 aliphatic heterocycles. The zero-order valence-corrected chi connectivity index (χ0v) is 6.86. The molecule has 1 aromatic carbocycles. The van der Waals surface area contributed by atoms with E-state index in [1.165, 1.54) is 6.92 Å². The van der Waals surface area contributed by atoms with Crippen molar-refractivity contribution in [1.29, 1.82) is 0 Å². The molecule has 0 saturated heterocycles. The van der Waals surface area contributed by atoms with Crippen molar-refractivity contribution >= 4 is 5.69 Å². The molecule has 2 atom stereocenters. The number of anilines is 1. The fourth-order valence-corrected chi connectivity index (χ4v) is 0.934. The molecule has 0 aliphatic rings. The molecule has 2 unspecified atom stereocenters. The summed E-state index contributed by atoms with van der Waals surface area (Å²) in [5.41, 5.74) is 6.56. The van der Waals surface area contributed by atoms with Gasteiger partial charge in [0.15, 0.2) is 0 Å². The first-order valence-electron chi connectivity index (χ1n) is 3.74. The monoisotopic (exact) mass is 166 g/mol. The van der Waals surface area contributed by atoms with Crippen LogP contribution in [-0.4, -0.2) is 16.3 Å². The number of nitrogen functional groups attached to an aromatic ring is 1. The minimum atomic E-state index is -0.909. The molecule has 0 bridgehead atoms. The van der Waals surface area contributed by atoms with Crippen LogP contribution < -0.4 is 5.73 Å². The van der Waals surface area contributed by atoms with E-state index in [9.17, 15) is 5.11 Å². The Bertz CT molecular complexity index is 260. The molecule has 0 spiro atoms. The standard InChI is InChI=1S/C9H12NO2/c1-6(11)9(12)7-3-2-4-8(10)5-7/h2,4-6,9,11-12H,10H2,1H3. The molecule has 0 aliphatic carbocycles. The summed E-state index contributed by atoms with van der Waals surface area (Å²) < 4.78 is 0. The fraction of sp³-hybridized carbons (Fsp3) is 0.333. The maximum absolute atomic E-state index is 9.39. The third kappa shape index (κ3) is 1.96. The summed E-state index contributed by atoms with van der Waals surface area (Å²) in [5.74, 6) is 0. The van der Waals surface area contributed by atoms with Gasteiger partial charge in [-0.25, -0.2) is 0 Å². The molecular weight excluding hydrogens is 154 g/mol. The van der Waals surface area contributed by atoms with E-state index >= 15 is 0 Å². The molecule has 65 valence electrons. The quantitative estimate of drug-likeness (QED) is 0.560. The molecule has 4 N–H and O–H groups in total. The minimum absolute atomic E-state index is 0.519. The maximum Gasteiger partial charge on any atom is 0.105 e. The van der Waals surface area contributed by atoms with Crippen molar-refractivity contribution in [2.45, 2.75) is 19.1 Å². The van der Waals surface area contributed by atoms with Crippen LogP contribution in [0.15, 0.2) is 18.2 Å². The van der Waals surface area contributed by atoms with Gasteiger partial charge in [0.2, 0.25) is 0 Å². The predicted octanol–water partition coefficient (Wildman–Crippen LogP) is 0.483. The lowest BCUT2D eigenvalue weighted by molar-refractivity contribution is 0.0304. The normalized spacial score (nSPS) is 15.6. The highest BCUT2D eigenvalue weighted by Crippen LogP contribution is 2.17. The highest BCUT2D eigenvalue weighted by atomic mass is 16.3. The molecule has 1 radical (unpaired) electrons.